The predicted molar refractivity (Wildman–Crippen MR) is 93.7 cm³/mol. The minimum absolute atomic E-state index is 0.451. The van der Waals surface area contributed by atoms with Gasteiger partial charge >= 0.3 is 0 Å². The Morgan fingerprint density at radius 3 is 2.00 bits per heavy atom. The average molecular weight is 309 g/mol. The summed E-state index contributed by atoms with van der Waals surface area (Å²) in [5.74, 6) is 5.87. The van der Waals surface area contributed by atoms with Crippen LogP contribution in [0, 0.1) is 0 Å². The number of hydrogen-bond acceptors (Lipinski definition) is 4. The van der Waals surface area contributed by atoms with E-state index in [1.54, 1.807) is 0 Å². The predicted octanol–water partition coefficient (Wildman–Crippen LogP) is 1.16. The summed E-state index contributed by atoms with van der Waals surface area (Å²) in [7, 11) is 0. The third-order valence-corrected chi connectivity index (χ3v) is 4.76. The van der Waals surface area contributed by atoms with Crippen LogP contribution < -0.4 is 22.8 Å². The van der Waals surface area contributed by atoms with E-state index in [-0.39, 0.29) is 0 Å². The van der Waals surface area contributed by atoms with Crippen LogP contribution in [0.4, 0.5) is 0 Å². The van der Waals surface area contributed by atoms with Crippen LogP contribution in [0.2, 0.25) is 0 Å². The van der Waals surface area contributed by atoms with Crippen molar-refractivity contribution in [2.75, 3.05) is 6.54 Å². The van der Waals surface area contributed by atoms with Crippen molar-refractivity contribution in [3.63, 3.8) is 0 Å². The number of nitrogens with two attached hydrogens (primary N) is 3. The first-order chi connectivity index (χ1) is 11.2. The fraction of sp³-hybridized carbons (Fsp3) is 0.278. The normalized spacial score (nSPS) is 16.2. The molecular weight excluding hydrogens is 286 g/mol. The molecule has 0 spiro atoms. The summed E-state index contributed by atoms with van der Waals surface area (Å²) < 4.78 is 0. The van der Waals surface area contributed by atoms with Crippen molar-refractivity contribution in [3.8, 4) is 0 Å². The van der Waals surface area contributed by atoms with Gasteiger partial charge in [0.25, 0.3) is 0 Å². The van der Waals surface area contributed by atoms with Crippen molar-refractivity contribution in [3.05, 3.63) is 70.8 Å². The molecule has 0 aromatic heterocycles. The lowest BCUT2D eigenvalue weighted by Gasteiger charge is -2.35. The SMILES string of the molecule is NCCC1(/C(N)=N/NN)c2ccccc2CCc2ccccc21. The highest BCUT2D eigenvalue weighted by atomic mass is 15.5. The molecule has 1 aliphatic carbocycles. The maximum Gasteiger partial charge on any atom is 0.136 e. The summed E-state index contributed by atoms with van der Waals surface area (Å²) in [4.78, 5) is 0. The monoisotopic (exact) mass is 309 g/mol. The second-order valence-electron chi connectivity index (χ2n) is 5.88. The van der Waals surface area contributed by atoms with Crippen LogP contribution in [0.5, 0.6) is 0 Å². The van der Waals surface area contributed by atoms with Crippen molar-refractivity contribution in [1.29, 1.82) is 0 Å². The highest BCUT2D eigenvalue weighted by Gasteiger charge is 2.42. The highest BCUT2D eigenvalue weighted by molar-refractivity contribution is 5.96. The lowest BCUT2D eigenvalue weighted by molar-refractivity contribution is 0.606. The van der Waals surface area contributed by atoms with Crippen LogP contribution >= 0.6 is 0 Å². The second kappa shape index (κ2) is 6.40. The molecule has 0 unspecified atom stereocenters. The molecular formula is C18H23N5. The third kappa shape index (κ3) is 2.48. The largest absolute Gasteiger partial charge is 0.385 e. The Kier molecular flexibility index (Phi) is 4.32. The van der Waals surface area contributed by atoms with Gasteiger partial charge < -0.3 is 11.5 Å². The number of aryl methyl sites for hydroxylation is 2. The molecule has 1 aliphatic rings. The Bertz CT molecular complexity index is 675. The van der Waals surface area contributed by atoms with Crippen LogP contribution in [0.1, 0.15) is 28.7 Å². The van der Waals surface area contributed by atoms with E-state index in [0.29, 0.717) is 18.8 Å². The molecule has 0 heterocycles. The van der Waals surface area contributed by atoms with Crippen LogP contribution in [0.3, 0.4) is 0 Å². The molecule has 7 N–H and O–H groups in total. The topological polar surface area (TPSA) is 102 Å². The third-order valence-electron chi connectivity index (χ3n) is 4.76. The van der Waals surface area contributed by atoms with E-state index >= 15 is 0 Å². The van der Waals surface area contributed by atoms with Gasteiger partial charge in [0.2, 0.25) is 0 Å². The Morgan fingerprint density at radius 1 is 1.00 bits per heavy atom. The van der Waals surface area contributed by atoms with Crippen molar-refractivity contribution in [2.45, 2.75) is 24.7 Å². The standard InChI is InChI=1S/C18H23N5/c19-12-11-18(17(20)22-23-21)15-7-3-1-5-13(15)9-10-14-6-2-4-8-16(14)18/h1-8,23H,9-12,19,21H2,(H2,20,22). The number of benzene rings is 2. The van der Waals surface area contributed by atoms with E-state index in [0.717, 1.165) is 12.8 Å². The van der Waals surface area contributed by atoms with Gasteiger partial charge in [-0.15, -0.1) is 0 Å². The molecule has 0 fully saturated rings. The number of hydrazine groups is 1. The van der Waals surface area contributed by atoms with Crippen LogP contribution in [0.15, 0.2) is 53.6 Å². The molecule has 0 atom stereocenters. The molecule has 23 heavy (non-hydrogen) atoms. The lowest BCUT2D eigenvalue weighted by Crippen LogP contribution is -2.46. The molecule has 2 aromatic carbocycles. The summed E-state index contributed by atoms with van der Waals surface area (Å²) in [5.41, 5.74) is 19.1. The summed E-state index contributed by atoms with van der Waals surface area (Å²) in [6, 6.07) is 16.8. The van der Waals surface area contributed by atoms with E-state index < -0.39 is 5.41 Å². The zero-order chi connectivity index (χ0) is 16.3. The summed E-state index contributed by atoms with van der Waals surface area (Å²) >= 11 is 0. The van der Waals surface area contributed by atoms with Crippen LogP contribution in [-0.2, 0) is 18.3 Å². The number of nitrogens with one attached hydrogen (secondary N) is 1. The first-order valence-corrected chi connectivity index (χ1v) is 7.90. The number of hydrogen-bond donors (Lipinski definition) is 4. The fourth-order valence-corrected chi connectivity index (χ4v) is 3.78. The van der Waals surface area contributed by atoms with E-state index in [2.05, 4.69) is 47.0 Å². The van der Waals surface area contributed by atoms with Gasteiger partial charge in [0.15, 0.2) is 0 Å². The van der Waals surface area contributed by atoms with Crippen molar-refractivity contribution < 1.29 is 0 Å². The summed E-state index contributed by atoms with van der Waals surface area (Å²) in [6.45, 7) is 0.503. The molecule has 5 nitrogen and oxygen atoms in total. The first-order valence-electron chi connectivity index (χ1n) is 7.90. The van der Waals surface area contributed by atoms with E-state index in [9.17, 15) is 0 Å². The maximum absolute atomic E-state index is 6.43. The Hall–Kier alpha value is -2.37. The molecule has 0 bridgehead atoms. The fourth-order valence-electron chi connectivity index (χ4n) is 3.78. The molecule has 0 aliphatic heterocycles. The van der Waals surface area contributed by atoms with Gasteiger partial charge in [-0.25, -0.2) is 11.4 Å². The second-order valence-corrected chi connectivity index (χ2v) is 5.88. The smallest absolute Gasteiger partial charge is 0.136 e. The van der Waals surface area contributed by atoms with Crippen LogP contribution in [0.25, 0.3) is 0 Å². The van der Waals surface area contributed by atoms with E-state index in [4.69, 9.17) is 17.3 Å². The molecule has 3 rings (SSSR count). The lowest BCUT2D eigenvalue weighted by atomic mass is 9.69. The number of fused-ring (bicyclic) bond motifs is 2. The van der Waals surface area contributed by atoms with Crippen molar-refractivity contribution >= 4 is 5.84 Å². The Balaban J connectivity index is 2.36. The zero-order valence-electron chi connectivity index (χ0n) is 13.1. The van der Waals surface area contributed by atoms with Crippen LogP contribution in [-0.4, -0.2) is 12.4 Å². The van der Waals surface area contributed by atoms with Gasteiger partial charge in [0.1, 0.15) is 5.84 Å². The first kappa shape index (κ1) is 15.5. The van der Waals surface area contributed by atoms with Gasteiger partial charge in [0.05, 0.1) is 5.41 Å². The van der Waals surface area contributed by atoms with Gasteiger partial charge in [-0.05, 0) is 48.1 Å². The quantitative estimate of drug-likeness (QED) is 0.294. The van der Waals surface area contributed by atoms with Crippen molar-refractivity contribution in [1.82, 2.24) is 5.53 Å². The Labute approximate surface area is 136 Å². The number of rotatable bonds is 4. The molecule has 0 radical (unpaired) electrons. The Morgan fingerprint density at radius 2 is 1.52 bits per heavy atom. The highest BCUT2D eigenvalue weighted by Crippen LogP contribution is 2.42. The molecule has 5 heteroatoms. The maximum atomic E-state index is 6.43. The van der Waals surface area contributed by atoms with E-state index in [1.165, 1.54) is 22.3 Å². The molecule has 120 valence electrons. The minimum Gasteiger partial charge on any atom is -0.385 e. The zero-order valence-corrected chi connectivity index (χ0v) is 13.1. The summed E-state index contributed by atoms with van der Waals surface area (Å²) in [5, 5.41) is 4.15. The van der Waals surface area contributed by atoms with Gasteiger partial charge in [-0.2, -0.15) is 5.10 Å². The molecule has 0 saturated carbocycles. The van der Waals surface area contributed by atoms with Gasteiger partial charge in [0, 0.05) is 0 Å². The molecule has 0 saturated heterocycles. The van der Waals surface area contributed by atoms with Gasteiger partial charge in [-0.3, -0.25) is 0 Å². The number of nitrogens with zero attached hydrogens (tertiary/aromatic N) is 1. The molecule has 2 aromatic rings. The molecule has 0 amide bonds. The van der Waals surface area contributed by atoms with Crippen molar-refractivity contribution in [2.24, 2.45) is 22.4 Å². The number of amidine groups is 1. The minimum atomic E-state index is -0.551. The summed E-state index contributed by atoms with van der Waals surface area (Å²) in [6.07, 6.45) is 2.63. The number of hydrazone groups is 1. The average Bonchev–Trinajstić information content (AvgIpc) is 2.72. The van der Waals surface area contributed by atoms with E-state index in [1.807, 2.05) is 12.1 Å². The van der Waals surface area contributed by atoms with Gasteiger partial charge in [-0.1, -0.05) is 48.5 Å².